The van der Waals surface area contributed by atoms with E-state index in [1.165, 1.54) is 81.8 Å². The van der Waals surface area contributed by atoms with E-state index in [9.17, 15) is 0 Å². The summed E-state index contributed by atoms with van der Waals surface area (Å²) in [7, 11) is 0. The molecule has 4 aromatic carbocycles. The zero-order chi connectivity index (χ0) is 30.0. The Kier molecular flexibility index (Phi) is 10.1. The normalized spacial score (nSPS) is 18.3. The Hall–Kier alpha value is -2.05. The van der Waals surface area contributed by atoms with Crippen LogP contribution in [0.1, 0.15) is 91.8 Å². The monoisotopic (exact) mass is 710 g/mol. The molecule has 0 saturated heterocycles. The molecule has 1 fully saturated rings. The summed E-state index contributed by atoms with van der Waals surface area (Å²) in [6, 6.07) is 23.6. The molecule has 3 aliphatic rings. The third-order valence-corrected chi connectivity index (χ3v) is 19.7. The van der Waals surface area contributed by atoms with E-state index in [-0.39, 0.29) is 24.8 Å². The number of hydrogen-bond acceptors (Lipinski definition) is 0. The Morgan fingerprint density at radius 1 is 0.778 bits per heavy atom. The Bertz CT molecular complexity index is 1900. The van der Waals surface area contributed by atoms with Crippen LogP contribution < -0.4 is 28.1 Å². The molecule has 0 aromatic heterocycles. The van der Waals surface area contributed by atoms with Gasteiger partial charge in [-0.05, 0) is 0 Å². The molecule has 0 N–H and O–H groups in total. The van der Waals surface area contributed by atoms with Crippen molar-refractivity contribution in [3.8, 4) is 11.1 Å². The van der Waals surface area contributed by atoms with Crippen LogP contribution in [0.25, 0.3) is 21.9 Å². The van der Waals surface area contributed by atoms with E-state index in [0.29, 0.717) is 11.3 Å². The molecule has 4 aromatic rings. The van der Waals surface area contributed by atoms with Gasteiger partial charge in [-0.25, -0.2) is 0 Å². The average Bonchev–Trinajstić information content (AvgIpc) is 3.55. The summed E-state index contributed by atoms with van der Waals surface area (Å²) in [6.45, 7) is 16.9. The summed E-state index contributed by atoms with van der Waals surface area (Å²) in [5, 5.41) is 2.69. The van der Waals surface area contributed by atoms with Crippen LogP contribution >= 0.6 is 0 Å². The van der Waals surface area contributed by atoms with Gasteiger partial charge in [0.05, 0.1) is 0 Å². The summed E-state index contributed by atoms with van der Waals surface area (Å²) in [5.74, 6) is 0.516. The number of hydrogen-bond donors (Lipinski definition) is 0. The number of rotatable bonds is 4. The minimum atomic E-state index is -2.61. The summed E-state index contributed by atoms with van der Waals surface area (Å²) in [6.07, 6.45) is 13.3. The molecule has 0 radical (unpaired) electrons. The second kappa shape index (κ2) is 13.2. The molecule has 0 aliphatic heterocycles. The maximum absolute atomic E-state index is 2.75. The smallest absolute Gasteiger partial charge is 1.00 e. The van der Waals surface area contributed by atoms with Gasteiger partial charge in [-0.2, -0.15) is 0 Å². The van der Waals surface area contributed by atoms with Crippen molar-refractivity contribution in [3.05, 3.63) is 121 Å². The first-order valence-corrected chi connectivity index (χ1v) is 20.2. The summed E-state index contributed by atoms with van der Waals surface area (Å²) >= 11 is -2.61. The summed E-state index contributed by atoms with van der Waals surface area (Å²) in [5.41, 5.74) is 15.4. The van der Waals surface area contributed by atoms with Gasteiger partial charge in [-0.1, -0.05) is 0 Å². The van der Waals surface area contributed by atoms with Gasteiger partial charge in [-0.3, -0.25) is 0 Å². The van der Waals surface area contributed by atoms with E-state index in [2.05, 4.69) is 121 Å². The molecule has 1 saturated carbocycles. The summed E-state index contributed by atoms with van der Waals surface area (Å²) < 4.78 is 5.22. The molecule has 45 heavy (non-hydrogen) atoms. The topological polar surface area (TPSA) is 0 Å². The molecule has 1 unspecified atom stereocenters. The van der Waals surface area contributed by atoms with Crippen molar-refractivity contribution >= 4 is 17.2 Å². The van der Waals surface area contributed by atoms with E-state index in [1.54, 1.807) is 26.5 Å². The SMILES string of the molecule is C/[C](c1ccc2ccccc2c1)=[Zr+2](\[C]1=CC(C2(C)CCCCC2)=CC1C)[c]1c(C)c(C)cc2c1Cc1cc(C)c(C)cc1-2.[Cl-].[Cl-]. The molecular formula is C42H46Cl2Zr. The maximum Gasteiger partial charge on any atom is -1.00 e. The Morgan fingerprint density at radius 3 is 2.18 bits per heavy atom. The van der Waals surface area contributed by atoms with Gasteiger partial charge in [0, 0.05) is 0 Å². The number of allylic oxidation sites excluding steroid dienone is 4. The molecular weight excluding hydrogens is 667 g/mol. The minimum Gasteiger partial charge on any atom is -1.00 e. The van der Waals surface area contributed by atoms with Crippen LogP contribution in [-0.4, -0.2) is 3.21 Å². The largest absolute Gasteiger partial charge is 1.00 e. The van der Waals surface area contributed by atoms with Crippen molar-refractivity contribution in [1.29, 1.82) is 0 Å². The van der Waals surface area contributed by atoms with Gasteiger partial charge < -0.3 is 24.8 Å². The molecule has 0 nitrogen and oxygen atoms in total. The first-order valence-electron chi connectivity index (χ1n) is 16.5. The quantitative estimate of drug-likeness (QED) is 0.257. The fourth-order valence-electron chi connectivity index (χ4n) is 8.31. The van der Waals surface area contributed by atoms with Crippen molar-refractivity contribution < 1.29 is 46.1 Å². The van der Waals surface area contributed by atoms with E-state index < -0.39 is 21.3 Å². The van der Waals surface area contributed by atoms with Crippen LogP contribution in [0.15, 0.2) is 81.7 Å². The van der Waals surface area contributed by atoms with Gasteiger partial charge in [0.1, 0.15) is 0 Å². The molecule has 3 aliphatic carbocycles. The first-order chi connectivity index (χ1) is 20.6. The van der Waals surface area contributed by atoms with Gasteiger partial charge >= 0.3 is 269 Å². The van der Waals surface area contributed by atoms with E-state index in [4.69, 9.17) is 0 Å². The van der Waals surface area contributed by atoms with E-state index in [0.717, 1.165) is 6.42 Å². The second-order valence-corrected chi connectivity index (χ2v) is 20.5. The molecule has 0 amide bonds. The van der Waals surface area contributed by atoms with Crippen LogP contribution in [0.3, 0.4) is 0 Å². The molecule has 0 bridgehead atoms. The van der Waals surface area contributed by atoms with E-state index >= 15 is 0 Å². The van der Waals surface area contributed by atoms with Gasteiger partial charge in [0.25, 0.3) is 0 Å². The average molecular weight is 713 g/mol. The van der Waals surface area contributed by atoms with Crippen molar-refractivity contribution in [2.24, 2.45) is 11.3 Å². The predicted molar refractivity (Wildman–Crippen MR) is 184 cm³/mol. The number of fused-ring (bicyclic) bond motifs is 4. The zero-order valence-electron chi connectivity index (χ0n) is 28.0. The first kappa shape index (κ1) is 34.3. The summed E-state index contributed by atoms with van der Waals surface area (Å²) in [4.78, 5) is 0. The van der Waals surface area contributed by atoms with Crippen molar-refractivity contribution in [3.63, 3.8) is 0 Å². The van der Waals surface area contributed by atoms with Crippen LogP contribution in [0.2, 0.25) is 0 Å². The zero-order valence-corrected chi connectivity index (χ0v) is 32.0. The third kappa shape index (κ3) is 5.97. The number of halogens is 2. The molecule has 3 heteroatoms. The molecule has 232 valence electrons. The number of benzene rings is 4. The van der Waals surface area contributed by atoms with Crippen LogP contribution in [0.5, 0.6) is 0 Å². The van der Waals surface area contributed by atoms with Crippen LogP contribution in [-0.2, 0) is 27.7 Å². The third-order valence-electron chi connectivity index (χ3n) is 11.3. The Balaban J connectivity index is 0.00000200. The Morgan fingerprint density at radius 2 is 1.44 bits per heavy atom. The van der Waals surface area contributed by atoms with Gasteiger partial charge in [-0.15, -0.1) is 0 Å². The van der Waals surface area contributed by atoms with Gasteiger partial charge in [0.15, 0.2) is 0 Å². The second-order valence-electron chi connectivity index (χ2n) is 14.2. The minimum absolute atomic E-state index is 0. The molecule has 1 atom stereocenters. The van der Waals surface area contributed by atoms with Crippen LogP contribution in [0, 0.1) is 39.0 Å². The van der Waals surface area contributed by atoms with Gasteiger partial charge in [0.2, 0.25) is 0 Å². The Labute approximate surface area is 291 Å². The molecule has 0 spiro atoms. The van der Waals surface area contributed by atoms with Crippen molar-refractivity contribution in [2.75, 3.05) is 0 Å². The standard InChI is InChI=1S/C17H17.C13H19.C12H10.2ClH.Zr/c1-10-5-14-9-15-6-11(2)13(4)8-17(15)16(14)7-12(10)3;1-11-6-7-12(10-11)13(2)8-4-3-5-9-13;1-2-10-7-8-11-5-3-4-6-12(11)9-10;;;/h5,7-8H,9H2,1-4H3;7,10-11H,3-5,8-9H2,1-2H3;3-9H,1H3;2*1H;/q;;;;;+2/p-2. The van der Waals surface area contributed by atoms with Crippen molar-refractivity contribution in [1.82, 2.24) is 0 Å². The fourth-order valence-corrected chi connectivity index (χ4v) is 16.9. The van der Waals surface area contributed by atoms with Crippen molar-refractivity contribution in [2.45, 2.75) is 87.0 Å². The molecule has 7 rings (SSSR count). The van der Waals surface area contributed by atoms with Crippen LogP contribution in [0.4, 0.5) is 0 Å². The van der Waals surface area contributed by atoms with E-state index in [1.807, 2.05) is 0 Å². The maximum atomic E-state index is 2.75. The fraction of sp³-hybridized carbons (Fsp3) is 0.357. The predicted octanol–water partition coefficient (Wildman–Crippen LogP) is 4.57. The number of aryl methyl sites for hydroxylation is 3. The molecule has 0 heterocycles.